The highest BCUT2D eigenvalue weighted by molar-refractivity contribution is 5.81. The maximum Gasteiger partial charge on any atom is 0.226 e. The second-order valence-corrected chi connectivity index (χ2v) is 5.63. The van der Waals surface area contributed by atoms with Gasteiger partial charge in [0.2, 0.25) is 5.91 Å². The Bertz CT molecular complexity index is 410. The van der Waals surface area contributed by atoms with Gasteiger partial charge in [-0.1, -0.05) is 12.1 Å². The third kappa shape index (κ3) is 4.56. The summed E-state index contributed by atoms with van der Waals surface area (Å²) in [4.78, 5) is 13.7. The van der Waals surface area contributed by atoms with Crippen LogP contribution in [-0.2, 0) is 11.3 Å². The highest BCUT2D eigenvalue weighted by atomic mass is 16.2. The Morgan fingerprint density at radius 3 is 2.26 bits per heavy atom. The summed E-state index contributed by atoms with van der Waals surface area (Å²) in [5.74, 6) is 0.0583. The van der Waals surface area contributed by atoms with Crippen LogP contribution >= 0.6 is 0 Å². The monoisotopic (exact) mass is 263 g/mol. The number of hydrogen-bond acceptors (Lipinski definition) is 3. The average Bonchev–Trinajstić information content (AvgIpc) is 2.38. The van der Waals surface area contributed by atoms with E-state index in [4.69, 9.17) is 0 Å². The molecule has 0 saturated heterocycles. The number of rotatable bonds is 6. The fourth-order valence-electron chi connectivity index (χ4n) is 1.85. The molecule has 0 aliphatic heterocycles. The second kappa shape index (κ2) is 6.57. The van der Waals surface area contributed by atoms with E-state index in [1.807, 2.05) is 27.9 Å². The summed E-state index contributed by atoms with van der Waals surface area (Å²) < 4.78 is 0. The van der Waals surface area contributed by atoms with Gasteiger partial charge in [-0.2, -0.15) is 0 Å². The Kier molecular flexibility index (Phi) is 5.36. The van der Waals surface area contributed by atoms with Crippen LogP contribution in [0.5, 0.6) is 0 Å². The summed E-state index contributed by atoms with van der Waals surface area (Å²) in [5.41, 5.74) is 2.02. The lowest BCUT2D eigenvalue weighted by atomic mass is 9.92. The van der Waals surface area contributed by atoms with Crippen molar-refractivity contribution in [1.82, 2.24) is 10.6 Å². The minimum atomic E-state index is -0.391. The Morgan fingerprint density at radius 1 is 1.21 bits per heavy atom. The third-order valence-electron chi connectivity index (χ3n) is 3.19. The van der Waals surface area contributed by atoms with Gasteiger partial charge in [0.15, 0.2) is 0 Å². The van der Waals surface area contributed by atoms with Gasteiger partial charge in [0.05, 0.1) is 5.41 Å². The minimum absolute atomic E-state index is 0.0583. The van der Waals surface area contributed by atoms with E-state index in [9.17, 15) is 4.79 Å². The molecule has 0 spiro atoms. The van der Waals surface area contributed by atoms with Crippen molar-refractivity contribution < 1.29 is 4.79 Å². The van der Waals surface area contributed by atoms with E-state index in [1.54, 1.807) is 7.05 Å². The highest BCUT2D eigenvalue weighted by Gasteiger charge is 2.25. The van der Waals surface area contributed by atoms with Crippen LogP contribution in [-0.4, -0.2) is 33.6 Å². The second-order valence-electron chi connectivity index (χ2n) is 5.63. The molecule has 0 aliphatic rings. The van der Waals surface area contributed by atoms with Crippen molar-refractivity contribution in [2.24, 2.45) is 5.41 Å². The van der Waals surface area contributed by atoms with Gasteiger partial charge >= 0.3 is 0 Å². The zero-order valence-corrected chi connectivity index (χ0v) is 12.6. The Hall–Kier alpha value is -1.55. The molecule has 0 bridgehead atoms. The Morgan fingerprint density at radius 2 is 1.79 bits per heavy atom. The van der Waals surface area contributed by atoms with E-state index in [-0.39, 0.29) is 5.91 Å². The van der Waals surface area contributed by atoms with Crippen LogP contribution in [0.4, 0.5) is 5.69 Å². The van der Waals surface area contributed by atoms with Crippen molar-refractivity contribution in [2.75, 3.05) is 32.6 Å². The summed E-state index contributed by atoms with van der Waals surface area (Å²) in [7, 11) is 5.72. The quantitative estimate of drug-likeness (QED) is 0.819. The summed E-state index contributed by atoms with van der Waals surface area (Å²) in [6.07, 6.45) is 0. The van der Waals surface area contributed by atoms with Gasteiger partial charge in [0.25, 0.3) is 0 Å². The number of anilines is 1. The first kappa shape index (κ1) is 15.5. The smallest absolute Gasteiger partial charge is 0.226 e. The number of carbonyl (C=O) groups is 1. The van der Waals surface area contributed by atoms with E-state index in [0.29, 0.717) is 6.54 Å². The first-order valence-corrected chi connectivity index (χ1v) is 6.56. The number of nitrogens with one attached hydrogen (secondary N) is 2. The molecule has 4 heteroatoms. The molecule has 0 aromatic heterocycles. The van der Waals surface area contributed by atoms with Gasteiger partial charge < -0.3 is 15.5 Å². The molecule has 1 rings (SSSR count). The molecule has 0 heterocycles. The molecule has 106 valence electrons. The molecule has 2 N–H and O–H groups in total. The lowest BCUT2D eigenvalue weighted by molar-refractivity contribution is -0.128. The van der Waals surface area contributed by atoms with Gasteiger partial charge in [0.1, 0.15) is 0 Å². The average molecular weight is 263 g/mol. The number of nitrogens with zero attached hydrogens (tertiary/aromatic N) is 1. The SMILES string of the molecule is CNC(=O)C(C)(C)CNCc1ccc(N(C)C)cc1. The minimum Gasteiger partial charge on any atom is -0.378 e. The summed E-state index contributed by atoms with van der Waals surface area (Å²) >= 11 is 0. The first-order chi connectivity index (χ1) is 8.86. The van der Waals surface area contributed by atoms with Gasteiger partial charge in [0, 0.05) is 39.9 Å². The van der Waals surface area contributed by atoms with Gasteiger partial charge in [-0.25, -0.2) is 0 Å². The molecular formula is C15H25N3O. The summed E-state index contributed by atoms with van der Waals surface area (Å²) in [5, 5.41) is 6.02. The molecule has 0 unspecified atom stereocenters. The molecule has 0 atom stereocenters. The van der Waals surface area contributed by atoms with Crippen LogP contribution in [0.15, 0.2) is 24.3 Å². The van der Waals surface area contributed by atoms with Crippen LogP contribution in [0.1, 0.15) is 19.4 Å². The molecular weight excluding hydrogens is 238 g/mol. The van der Waals surface area contributed by atoms with Crippen molar-refractivity contribution in [1.29, 1.82) is 0 Å². The predicted molar refractivity (Wildman–Crippen MR) is 80.3 cm³/mol. The van der Waals surface area contributed by atoms with E-state index >= 15 is 0 Å². The van der Waals surface area contributed by atoms with E-state index in [0.717, 1.165) is 6.54 Å². The van der Waals surface area contributed by atoms with Crippen LogP contribution in [0.3, 0.4) is 0 Å². The van der Waals surface area contributed by atoms with Crippen LogP contribution in [0, 0.1) is 5.41 Å². The van der Waals surface area contributed by atoms with Crippen molar-refractivity contribution in [2.45, 2.75) is 20.4 Å². The molecule has 0 radical (unpaired) electrons. The molecule has 1 aromatic rings. The number of carbonyl (C=O) groups excluding carboxylic acids is 1. The van der Waals surface area contributed by atoms with Crippen molar-refractivity contribution in [3.05, 3.63) is 29.8 Å². The zero-order chi connectivity index (χ0) is 14.5. The highest BCUT2D eigenvalue weighted by Crippen LogP contribution is 2.15. The molecule has 1 aromatic carbocycles. The fraction of sp³-hybridized carbons (Fsp3) is 0.533. The standard InChI is InChI=1S/C15H25N3O/c1-15(2,14(19)16-3)11-17-10-12-6-8-13(9-7-12)18(4)5/h6-9,17H,10-11H2,1-5H3,(H,16,19). The molecule has 0 aliphatic carbocycles. The van der Waals surface area contributed by atoms with Crippen molar-refractivity contribution in [3.8, 4) is 0 Å². The van der Waals surface area contributed by atoms with Gasteiger partial charge in [-0.05, 0) is 31.5 Å². The van der Waals surface area contributed by atoms with Crippen molar-refractivity contribution in [3.63, 3.8) is 0 Å². The van der Waals surface area contributed by atoms with E-state index < -0.39 is 5.41 Å². The van der Waals surface area contributed by atoms with Crippen LogP contribution in [0.25, 0.3) is 0 Å². The van der Waals surface area contributed by atoms with Crippen molar-refractivity contribution >= 4 is 11.6 Å². The fourth-order valence-corrected chi connectivity index (χ4v) is 1.85. The molecule has 0 fully saturated rings. The topological polar surface area (TPSA) is 44.4 Å². The third-order valence-corrected chi connectivity index (χ3v) is 3.19. The number of amides is 1. The lowest BCUT2D eigenvalue weighted by Crippen LogP contribution is -2.41. The molecule has 19 heavy (non-hydrogen) atoms. The Balaban J connectivity index is 2.47. The largest absolute Gasteiger partial charge is 0.378 e. The maximum atomic E-state index is 11.6. The lowest BCUT2D eigenvalue weighted by Gasteiger charge is -2.23. The van der Waals surface area contributed by atoms with E-state index in [1.165, 1.54) is 11.3 Å². The Labute approximate surface area is 116 Å². The summed E-state index contributed by atoms with van der Waals surface area (Å²) in [6.45, 7) is 5.30. The maximum absolute atomic E-state index is 11.6. The van der Waals surface area contributed by atoms with Crippen LogP contribution in [0.2, 0.25) is 0 Å². The van der Waals surface area contributed by atoms with Crippen LogP contribution < -0.4 is 15.5 Å². The molecule has 1 amide bonds. The van der Waals surface area contributed by atoms with Gasteiger partial charge in [-0.3, -0.25) is 4.79 Å². The summed E-state index contributed by atoms with van der Waals surface area (Å²) in [6, 6.07) is 8.41. The van der Waals surface area contributed by atoms with Gasteiger partial charge in [-0.15, -0.1) is 0 Å². The number of hydrogen-bond donors (Lipinski definition) is 2. The molecule has 0 saturated carbocycles. The predicted octanol–water partition coefficient (Wildman–Crippen LogP) is 1.61. The zero-order valence-electron chi connectivity index (χ0n) is 12.6. The molecule has 4 nitrogen and oxygen atoms in total. The number of benzene rings is 1. The first-order valence-electron chi connectivity index (χ1n) is 6.56. The normalized spacial score (nSPS) is 11.2. The van der Waals surface area contributed by atoms with E-state index in [2.05, 4.69) is 39.8 Å².